The standard InChI is InChI=1S/C24H24FNO4S/c1-24(2,3)19-9-13-22(14-10-19)31(28,29)26-23(27)18-7-11-21(12-8-18)30-16-17-5-4-6-20(25)15-17/h4-15H,16H2,1-3H3,(H,26,27). The van der Waals surface area contributed by atoms with Gasteiger partial charge in [-0.3, -0.25) is 4.79 Å². The van der Waals surface area contributed by atoms with Crippen molar-refractivity contribution in [2.45, 2.75) is 37.7 Å². The number of sulfonamides is 1. The molecule has 1 N–H and O–H groups in total. The average molecular weight is 442 g/mol. The fraction of sp³-hybridized carbons (Fsp3) is 0.208. The molecule has 0 atom stereocenters. The number of rotatable bonds is 6. The molecule has 0 fully saturated rings. The number of amides is 1. The molecule has 0 aliphatic heterocycles. The van der Waals surface area contributed by atoms with Crippen LogP contribution in [-0.2, 0) is 22.0 Å². The SMILES string of the molecule is CC(C)(C)c1ccc(S(=O)(=O)NC(=O)c2ccc(OCc3cccc(F)c3)cc2)cc1. The largest absolute Gasteiger partial charge is 0.489 e. The van der Waals surface area contributed by atoms with E-state index in [9.17, 15) is 17.6 Å². The molecule has 31 heavy (non-hydrogen) atoms. The molecule has 1 amide bonds. The van der Waals surface area contributed by atoms with Gasteiger partial charge in [-0.05, 0) is 65.1 Å². The van der Waals surface area contributed by atoms with E-state index in [2.05, 4.69) is 4.72 Å². The Morgan fingerprint density at radius 1 is 0.968 bits per heavy atom. The Kier molecular flexibility index (Phi) is 6.45. The zero-order chi connectivity index (χ0) is 22.6. The molecule has 0 unspecified atom stereocenters. The van der Waals surface area contributed by atoms with Gasteiger partial charge in [0.1, 0.15) is 18.2 Å². The maximum Gasteiger partial charge on any atom is 0.265 e. The van der Waals surface area contributed by atoms with Crippen molar-refractivity contribution >= 4 is 15.9 Å². The second-order valence-electron chi connectivity index (χ2n) is 8.15. The van der Waals surface area contributed by atoms with Crippen LogP contribution in [0.1, 0.15) is 42.3 Å². The number of halogens is 1. The third kappa shape index (κ3) is 5.92. The topological polar surface area (TPSA) is 72.5 Å². The molecule has 162 valence electrons. The number of carbonyl (C=O) groups is 1. The monoisotopic (exact) mass is 441 g/mol. The molecule has 7 heteroatoms. The Morgan fingerprint density at radius 2 is 1.61 bits per heavy atom. The van der Waals surface area contributed by atoms with E-state index in [-0.39, 0.29) is 28.3 Å². The molecule has 3 rings (SSSR count). The Labute approximate surface area is 181 Å². The maximum atomic E-state index is 13.2. The molecule has 0 aromatic heterocycles. The maximum absolute atomic E-state index is 13.2. The Hall–Kier alpha value is -3.19. The molecule has 0 saturated carbocycles. The van der Waals surface area contributed by atoms with Crippen LogP contribution in [0.2, 0.25) is 0 Å². The van der Waals surface area contributed by atoms with Crippen molar-refractivity contribution in [3.8, 4) is 5.75 Å². The van der Waals surface area contributed by atoms with Gasteiger partial charge in [-0.2, -0.15) is 0 Å². The quantitative estimate of drug-likeness (QED) is 0.595. The van der Waals surface area contributed by atoms with Crippen LogP contribution >= 0.6 is 0 Å². The first-order valence-corrected chi connectivity index (χ1v) is 11.2. The fourth-order valence-electron chi connectivity index (χ4n) is 2.87. The summed E-state index contributed by atoms with van der Waals surface area (Å²) in [5.41, 5.74) is 1.73. The van der Waals surface area contributed by atoms with Crippen molar-refractivity contribution in [2.24, 2.45) is 0 Å². The molecule has 3 aromatic carbocycles. The summed E-state index contributed by atoms with van der Waals surface area (Å²) >= 11 is 0. The second kappa shape index (κ2) is 8.89. The second-order valence-corrected chi connectivity index (χ2v) is 9.83. The molecule has 3 aromatic rings. The first-order chi connectivity index (χ1) is 14.5. The van der Waals surface area contributed by atoms with E-state index >= 15 is 0 Å². The molecule has 0 spiro atoms. The number of hydrogen-bond acceptors (Lipinski definition) is 4. The lowest BCUT2D eigenvalue weighted by molar-refractivity contribution is 0.0981. The third-order valence-electron chi connectivity index (χ3n) is 4.67. The summed E-state index contributed by atoms with van der Waals surface area (Å²) in [6.45, 7) is 6.26. The van der Waals surface area contributed by atoms with Gasteiger partial charge in [-0.25, -0.2) is 17.5 Å². The summed E-state index contributed by atoms with van der Waals surface area (Å²) in [4.78, 5) is 12.4. The number of nitrogens with one attached hydrogen (secondary N) is 1. The van der Waals surface area contributed by atoms with Gasteiger partial charge in [0, 0.05) is 5.56 Å². The summed E-state index contributed by atoms with van der Waals surface area (Å²) in [5.74, 6) is -0.611. The van der Waals surface area contributed by atoms with Crippen molar-refractivity contribution in [1.29, 1.82) is 0 Å². The van der Waals surface area contributed by atoms with Crippen LogP contribution < -0.4 is 9.46 Å². The van der Waals surface area contributed by atoms with E-state index < -0.39 is 15.9 Å². The third-order valence-corrected chi connectivity index (χ3v) is 6.02. The van der Waals surface area contributed by atoms with Gasteiger partial charge in [-0.1, -0.05) is 45.0 Å². The molecule has 0 heterocycles. The Bertz CT molecular complexity index is 1170. The van der Waals surface area contributed by atoms with Gasteiger partial charge in [0.15, 0.2) is 0 Å². The highest BCUT2D eigenvalue weighted by atomic mass is 32.2. The van der Waals surface area contributed by atoms with E-state index in [0.29, 0.717) is 11.3 Å². The molecule has 0 radical (unpaired) electrons. The van der Waals surface area contributed by atoms with E-state index in [1.54, 1.807) is 36.4 Å². The fourth-order valence-corrected chi connectivity index (χ4v) is 3.84. The smallest absolute Gasteiger partial charge is 0.265 e. The van der Waals surface area contributed by atoms with Gasteiger partial charge in [-0.15, -0.1) is 0 Å². The normalized spacial score (nSPS) is 11.7. The van der Waals surface area contributed by atoms with Crippen molar-refractivity contribution in [1.82, 2.24) is 4.72 Å². The van der Waals surface area contributed by atoms with Crippen LogP contribution in [-0.4, -0.2) is 14.3 Å². The van der Waals surface area contributed by atoms with Gasteiger partial charge < -0.3 is 4.74 Å². The van der Waals surface area contributed by atoms with Crippen molar-refractivity contribution < 1.29 is 22.3 Å². The van der Waals surface area contributed by atoms with Gasteiger partial charge >= 0.3 is 0 Å². The zero-order valence-corrected chi connectivity index (χ0v) is 18.4. The van der Waals surface area contributed by atoms with Crippen molar-refractivity contribution in [3.05, 3.63) is 95.3 Å². The van der Waals surface area contributed by atoms with Crippen molar-refractivity contribution in [2.75, 3.05) is 0 Å². The van der Waals surface area contributed by atoms with Crippen LogP contribution in [0.15, 0.2) is 77.7 Å². The minimum atomic E-state index is -4.00. The highest BCUT2D eigenvalue weighted by Gasteiger charge is 2.20. The Morgan fingerprint density at radius 3 is 2.19 bits per heavy atom. The summed E-state index contributed by atoms with van der Waals surface area (Å²) in [6, 6.07) is 18.6. The van der Waals surface area contributed by atoms with E-state index in [1.807, 2.05) is 20.8 Å². The van der Waals surface area contributed by atoms with Crippen LogP contribution in [0.25, 0.3) is 0 Å². The lowest BCUT2D eigenvalue weighted by Crippen LogP contribution is -2.30. The van der Waals surface area contributed by atoms with Crippen LogP contribution in [0.3, 0.4) is 0 Å². The summed E-state index contributed by atoms with van der Waals surface area (Å²) in [5, 5.41) is 0. The molecule has 0 saturated heterocycles. The number of benzene rings is 3. The van der Waals surface area contributed by atoms with Gasteiger partial charge in [0.05, 0.1) is 4.90 Å². The number of hydrogen-bond donors (Lipinski definition) is 1. The molecule has 0 aliphatic carbocycles. The Balaban J connectivity index is 1.64. The minimum absolute atomic E-state index is 0.0175. The lowest BCUT2D eigenvalue weighted by Gasteiger charge is -2.19. The first-order valence-electron chi connectivity index (χ1n) is 9.70. The van der Waals surface area contributed by atoms with Gasteiger partial charge in [0.25, 0.3) is 15.9 Å². The van der Waals surface area contributed by atoms with E-state index in [4.69, 9.17) is 4.74 Å². The molecular formula is C24H24FNO4S. The summed E-state index contributed by atoms with van der Waals surface area (Å²) in [6.07, 6.45) is 0. The summed E-state index contributed by atoms with van der Waals surface area (Å²) in [7, 11) is -4.00. The van der Waals surface area contributed by atoms with Crippen LogP contribution in [0, 0.1) is 5.82 Å². The predicted octanol–water partition coefficient (Wildman–Crippen LogP) is 4.82. The van der Waals surface area contributed by atoms with Gasteiger partial charge in [0.2, 0.25) is 0 Å². The molecule has 5 nitrogen and oxygen atoms in total. The predicted molar refractivity (Wildman–Crippen MR) is 117 cm³/mol. The number of ether oxygens (including phenoxy) is 1. The lowest BCUT2D eigenvalue weighted by atomic mass is 9.87. The molecule has 0 aliphatic rings. The minimum Gasteiger partial charge on any atom is -0.489 e. The highest BCUT2D eigenvalue weighted by Crippen LogP contribution is 2.23. The number of carbonyl (C=O) groups excluding carboxylic acids is 1. The molecular weight excluding hydrogens is 417 g/mol. The average Bonchev–Trinajstić information content (AvgIpc) is 2.72. The summed E-state index contributed by atoms with van der Waals surface area (Å²) < 4.78 is 46.0. The zero-order valence-electron chi connectivity index (χ0n) is 17.6. The van der Waals surface area contributed by atoms with E-state index in [0.717, 1.165) is 5.56 Å². The van der Waals surface area contributed by atoms with Crippen LogP contribution in [0.5, 0.6) is 5.75 Å². The molecule has 0 bridgehead atoms. The highest BCUT2D eigenvalue weighted by molar-refractivity contribution is 7.90. The van der Waals surface area contributed by atoms with Crippen molar-refractivity contribution in [3.63, 3.8) is 0 Å². The van der Waals surface area contributed by atoms with Crippen LogP contribution in [0.4, 0.5) is 4.39 Å². The van der Waals surface area contributed by atoms with E-state index in [1.165, 1.54) is 36.4 Å². The first kappa shape index (κ1) is 22.5.